The van der Waals surface area contributed by atoms with Gasteiger partial charge in [0.2, 0.25) is 17.7 Å². The van der Waals surface area contributed by atoms with Crippen molar-refractivity contribution in [3.05, 3.63) is 96.1 Å². The first kappa shape index (κ1) is 32.4. The fourth-order valence-corrected chi connectivity index (χ4v) is 6.33. The van der Waals surface area contributed by atoms with E-state index in [1.54, 1.807) is 25.1 Å². The number of fused-ring (bicyclic) bond motifs is 1. The molecule has 45 heavy (non-hydrogen) atoms. The highest BCUT2D eigenvalue weighted by molar-refractivity contribution is 5.95. The predicted octanol–water partition coefficient (Wildman–Crippen LogP) is 3.74. The number of hydrogen-bond acceptors (Lipinski definition) is 5. The minimum absolute atomic E-state index is 0.0574. The molecule has 5 rings (SSSR count). The zero-order valence-electron chi connectivity index (χ0n) is 26.8. The number of likely N-dealkylation sites (N-methyl/N-ethyl adjacent to an activating group) is 3. The van der Waals surface area contributed by atoms with E-state index in [-0.39, 0.29) is 23.8 Å². The Kier molecular flexibility index (Phi) is 10.7. The van der Waals surface area contributed by atoms with E-state index in [4.69, 9.17) is 5.73 Å². The summed E-state index contributed by atoms with van der Waals surface area (Å²) in [7, 11) is 5.45. The number of rotatable bonds is 11. The van der Waals surface area contributed by atoms with Crippen LogP contribution in [0, 0.1) is 5.92 Å². The molecule has 0 spiro atoms. The third-order valence-corrected chi connectivity index (χ3v) is 9.71. The first-order valence-electron chi connectivity index (χ1n) is 16.2. The van der Waals surface area contributed by atoms with E-state index in [1.165, 1.54) is 4.90 Å². The lowest BCUT2D eigenvalue weighted by atomic mass is 9.78. The zero-order chi connectivity index (χ0) is 31.9. The summed E-state index contributed by atoms with van der Waals surface area (Å²) in [4.78, 5) is 49.3. The Morgan fingerprint density at radius 2 is 1.49 bits per heavy atom. The van der Waals surface area contributed by atoms with Crippen molar-refractivity contribution in [1.29, 1.82) is 0 Å². The van der Waals surface area contributed by atoms with Crippen molar-refractivity contribution in [2.24, 2.45) is 11.7 Å². The van der Waals surface area contributed by atoms with Gasteiger partial charge in [-0.1, -0.05) is 78.9 Å². The molecule has 4 atom stereocenters. The van der Waals surface area contributed by atoms with E-state index in [1.807, 2.05) is 59.5 Å². The molecule has 8 nitrogen and oxygen atoms in total. The summed E-state index contributed by atoms with van der Waals surface area (Å²) in [5.41, 5.74) is 8.04. The molecular formula is C37H47N5O3. The number of carbonyl (C=O) groups excluding carboxylic acids is 3. The standard InChI is InChI=1S/C37H47N5O3/c1-39-20-22-42(23-21-39)37(45)34(25-27-10-5-4-6-11-27)41(3)36(44)33(26-28-16-17-29-12-7-8-13-31(29)24-28)40(2)35(43)15-9-14-30-18-19-32(30)38/h4-13,15-17,24,30,32-34H,14,18-23,25-26,38H2,1-3H3/b15-9+/t30?,32?,33-,34-/m1/s1. The number of carbonyl (C=O) groups is 3. The molecule has 1 aliphatic heterocycles. The largest absolute Gasteiger partial charge is 0.338 e. The lowest BCUT2D eigenvalue weighted by Crippen LogP contribution is -2.58. The van der Waals surface area contributed by atoms with Crippen LogP contribution in [-0.4, -0.2) is 103 Å². The third kappa shape index (κ3) is 7.99. The lowest BCUT2D eigenvalue weighted by molar-refractivity contribution is -0.149. The van der Waals surface area contributed by atoms with Gasteiger partial charge < -0.3 is 25.3 Å². The average molecular weight is 610 g/mol. The maximum absolute atomic E-state index is 14.5. The fourth-order valence-electron chi connectivity index (χ4n) is 6.33. The quantitative estimate of drug-likeness (QED) is 0.335. The zero-order valence-corrected chi connectivity index (χ0v) is 26.8. The fraction of sp³-hybridized carbons (Fsp3) is 0.432. The van der Waals surface area contributed by atoms with Gasteiger partial charge in [0.15, 0.2) is 0 Å². The summed E-state index contributed by atoms with van der Waals surface area (Å²) in [6.45, 7) is 2.83. The first-order chi connectivity index (χ1) is 21.7. The summed E-state index contributed by atoms with van der Waals surface area (Å²) >= 11 is 0. The Bertz CT molecular complexity index is 1500. The van der Waals surface area contributed by atoms with E-state index in [2.05, 4.69) is 36.2 Å². The van der Waals surface area contributed by atoms with E-state index in [0.29, 0.717) is 31.8 Å². The van der Waals surface area contributed by atoms with Crippen LogP contribution in [0.25, 0.3) is 10.8 Å². The highest BCUT2D eigenvalue weighted by Crippen LogP contribution is 2.29. The minimum atomic E-state index is -0.794. The second kappa shape index (κ2) is 14.8. The van der Waals surface area contributed by atoms with Crippen molar-refractivity contribution in [2.75, 3.05) is 47.3 Å². The molecule has 2 unspecified atom stereocenters. The average Bonchev–Trinajstić information content (AvgIpc) is 3.06. The smallest absolute Gasteiger partial charge is 0.246 e. The molecular weight excluding hydrogens is 562 g/mol. The van der Waals surface area contributed by atoms with Crippen LogP contribution >= 0.6 is 0 Å². The molecule has 2 fully saturated rings. The molecule has 3 aromatic rings. The summed E-state index contributed by atoms with van der Waals surface area (Å²) < 4.78 is 0. The number of hydrogen-bond donors (Lipinski definition) is 1. The normalized spacial score (nSPS) is 20.0. The molecule has 0 aromatic heterocycles. The molecule has 3 amide bonds. The van der Waals surface area contributed by atoms with Crippen molar-refractivity contribution in [3.63, 3.8) is 0 Å². The van der Waals surface area contributed by atoms with E-state index < -0.39 is 12.1 Å². The van der Waals surface area contributed by atoms with Gasteiger partial charge in [0.1, 0.15) is 12.1 Å². The van der Waals surface area contributed by atoms with E-state index >= 15 is 0 Å². The van der Waals surface area contributed by atoms with Crippen molar-refractivity contribution in [2.45, 2.75) is 50.2 Å². The number of amides is 3. The van der Waals surface area contributed by atoms with Crippen molar-refractivity contribution in [1.82, 2.24) is 19.6 Å². The molecule has 2 N–H and O–H groups in total. The molecule has 1 saturated heterocycles. The number of nitrogens with zero attached hydrogens (tertiary/aromatic N) is 4. The van der Waals surface area contributed by atoms with Crippen molar-refractivity contribution < 1.29 is 14.4 Å². The SMILES string of the molecule is CN1CCN(C(=O)[C@@H](Cc2ccccc2)N(C)C(=O)[C@@H](Cc2ccc3ccccc3c2)N(C)C(=O)/C=C/CC2CCC2N)CC1. The third-order valence-electron chi connectivity index (χ3n) is 9.71. The first-order valence-corrected chi connectivity index (χ1v) is 16.2. The van der Waals surface area contributed by atoms with Crippen molar-refractivity contribution >= 4 is 28.5 Å². The summed E-state index contributed by atoms with van der Waals surface area (Å²) in [5, 5.41) is 2.19. The summed E-state index contributed by atoms with van der Waals surface area (Å²) in [6, 6.07) is 22.8. The Hall–Kier alpha value is -4.01. The van der Waals surface area contributed by atoms with Gasteiger partial charge in [-0.3, -0.25) is 14.4 Å². The molecule has 1 heterocycles. The second-order valence-electron chi connectivity index (χ2n) is 12.8. The molecule has 0 radical (unpaired) electrons. The lowest BCUT2D eigenvalue weighted by Gasteiger charge is -2.39. The van der Waals surface area contributed by atoms with Gasteiger partial charge in [-0.15, -0.1) is 0 Å². The van der Waals surface area contributed by atoms with Crippen LogP contribution in [0.5, 0.6) is 0 Å². The minimum Gasteiger partial charge on any atom is -0.338 e. The molecule has 3 aromatic carbocycles. The van der Waals surface area contributed by atoms with Gasteiger partial charge in [0, 0.05) is 59.2 Å². The number of piperazine rings is 1. The van der Waals surface area contributed by atoms with Gasteiger partial charge >= 0.3 is 0 Å². The molecule has 2 aliphatic rings. The summed E-state index contributed by atoms with van der Waals surface area (Å²) in [6.07, 6.45) is 7.05. The molecule has 1 saturated carbocycles. The van der Waals surface area contributed by atoms with Gasteiger partial charge in [0.25, 0.3) is 0 Å². The van der Waals surface area contributed by atoms with Gasteiger partial charge in [-0.05, 0) is 60.2 Å². The number of benzene rings is 3. The maximum Gasteiger partial charge on any atom is 0.246 e. The van der Waals surface area contributed by atoms with Gasteiger partial charge in [-0.25, -0.2) is 0 Å². The van der Waals surface area contributed by atoms with Crippen LogP contribution in [0.3, 0.4) is 0 Å². The van der Waals surface area contributed by atoms with Crippen LogP contribution in [-0.2, 0) is 27.2 Å². The Morgan fingerprint density at radius 1 is 0.822 bits per heavy atom. The highest BCUT2D eigenvalue weighted by Gasteiger charge is 2.37. The van der Waals surface area contributed by atoms with Crippen LogP contribution in [0.2, 0.25) is 0 Å². The second-order valence-corrected chi connectivity index (χ2v) is 12.8. The van der Waals surface area contributed by atoms with Crippen molar-refractivity contribution in [3.8, 4) is 0 Å². The highest BCUT2D eigenvalue weighted by atomic mass is 16.2. The Morgan fingerprint density at radius 3 is 2.16 bits per heavy atom. The molecule has 1 aliphatic carbocycles. The van der Waals surface area contributed by atoms with E-state index in [9.17, 15) is 14.4 Å². The maximum atomic E-state index is 14.5. The number of allylic oxidation sites excluding steroid dienone is 1. The van der Waals surface area contributed by atoms with Gasteiger partial charge in [0.05, 0.1) is 0 Å². The Labute approximate surface area is 267 Å². The molecule has 238 valence electrons. The van der Waals surface area contributed by atoms with Crippen LogP contribution < -0.4 is 5.73 Å². The monoisotopic (exact) mass is 609 g/mol. The van der Waals surface area contributed by atoms with Crippen LogP contribution in [0.1, 0.15) is 30.4 Å². The predicted molar refractivity (Wildman–Crippen MR) is 179 cm³/mol. The number of nitrogens with two attached hydrogens (primary N) is 1. The topological polar surface area (TPSA) is 90.2 Å². The van der Waals surface area contributed by atoms with E-state index in [0.717, 1.165) is 54.3 Å². The van der Waals surface area contributed by atoms with Gasteiger partial charge in [-0.2, -0.15) is 0 Å². The molecule has 8 heteroatoms. The Balaban J connectivity index is 1.42. The van der Waals surface area contributed by atoms with Crippen LogP contribution in [0.15, 0.2) is 84.9 Å². The molecule has 0 bridgehead atoms. The summed E-state index contributed by atoms with van der Waals surface area (Å²) in [5.74, 6) is -0.143. The van der Waals surface area contributed by atoms with Crippen LogP contribution in [0.4, 0.5) is 0 Å².